The second-order valence-electron chi connectivity index (χ2n) is 9.82. The first-order chi connectivity index (χ1) is 17.4. The van der Waals surface area contributed by atoms with E-state index >= 15 is 0 Å². The second kappa shape index (κ2) is 10.1. The number of aromatic nitrogens is 2. The van der Waals surface area contributed by atoms with Crippen molar-refractivity contribution in [2.45, 2.75) is 56.4 Å². The van der Waals surface area contributed by atoms with Gasteiger partial charge in [0.15, 0.2) is 0 Å². The summed E-state index contributed by atoms with van der Waals surface area (Å²) in [5.74, 6) is -0.159. The molecule has 0 aliphatic heterocycles. The van der Waals surface area contributed by atoms with Crippen molar-refractivity contribution in [2.75, 3.05) is 11.9 Å². The monoisotopic (exact) mass is 547 g/mol. The Morgan fingerprint density at radius 2 is 1.94 bits per heavy atom. The number of carboxylic acid groups (broad SMARTS) is 1. The lowest BCUT2D eigenvalue weighted by Crippen LogP contribution is -2.52. The van der Waals surface area contributed by atoms with Gasteiger partial charge in [-0.25, -0.2) is 14.8 Å². The van der Waals surface area contributed by atoms with Gasteiger partial charge in [-0.2, -0.15) is 0 Å². The normalized spacial score (nSPS) is 22.7. The minimum absolute atomic E-state index is 0.126. The molecule has 36 heavy (non-hydrogen) atoms. The van der Waals surface area contributed by atoms with Gasteiger partial charge in [-0.3, -0.25) is 0 Å². The van der Waals surface area contributed by atoms with E-state index in [9.17, 15) is 9.90 Å². The highest BCUT2D eigenvalue weighted by Crippen LogP contribution is 2.54. The van der Waals surface area contributed by atoms with Crippen LogP contribution in [0.2, 0.25) is 0 Å². The molecule has 1 fully saturated rings. The molecule has 186 valence electrons. The molecule has 5 rings (SSSR count). The highest BCUT2D eigenvalue weighted by molar-refractivity contribution is 9.10. The molecule has 3 aromatic rings. The fourth-order valence-electron chi connectivity index (χ4n) is 5.77. The third-order valence-corrected chi connectivity index (χ3v) is 8.17. The fourth-order valence-corrected chi connectivity index (χ4v) is 6.17. The second-order valence-corrected chi connectivity index (χ2v) is 10.7. The van der Waals surface area contributed by atoms with Crippen LogP contribution < -0.4 is 10.1 Å². The van der Waals surface area contributed by atoms with Crippen LogP contribution in [-0.4, -0.2) is 33.2 Å². The molecule has 0 amide bonds. The smallest absolute Gasteiger partial charge is 0.329 e. The van der Waals surface area contributed by atoms with E-state index in [1.54, 1.807) is 6.20 Å². The average Bonchev–Trinajstić information content (AvgIpc) is 3.17. The Morgan fingerprint density at radius 3 is 2.69 bits per heavy atom. The van der Waals surface area contributed by atoms with Gasteiger partial charge in [-0.15, -0.1) is 0 Å². The fraction of sp³-hybridized carbons (Fsp3) is 0.345. The summed E-state index contributed by atoms with van der Waals surface area (Å²) in [6, 6.07) is 16.3. The number of nitrogens with one attached hydrogen (secondary N) is 1. The van der Waals surface area contributed by atoms with Gasteiger partial charge in [0, 0.05) is 27.3 Å². The number of aryl methyl sites for hydroxylation is 1. The van der Waals surface area contributed by atoms with E-state index in [0.717, 1.165) is 41.4 Å². The summed E-state index contributed by atoms with van der Waals surface area (Å²) in [4.78, 5) is 20.8. The van der Waals surface area contributed by atoms with Gasteiger partial charge in [0.2, 0.25) is 5.88 Å². The number of halogens is 1. The Morgan fingerprint density at radius 1 is 1.14 bits per heavy atom. The molecule has 1 heterocycles. The molecule has 2 aliphatic rings. The third kappa shape index (κ3) is 4.64. The molecular formula is C29H30BrN3O3. The predicted octanol–water partition coefficient (Wildman–Crippen LogP) is 6.55. The summed E-state index contributed by atoms with van der Waals surface area (Å²) in [7, 11) is 0. The van der Waals surface area contributed by atoms with Crippen LogP contribution in [0.25, 0.3) is 6.08 Å². The summed E-state index contributed by atoms with van der Waals surface area (Å²) in [6.07, 6.45) is 10.0. The lowest BCUT2D eigenvalue weighted by Gasteiger charge is -2.45. The van der Waals surface area contributed by atoms with Crippen molar-refractivity contribution in [3.63, 3.8) is 0 Å². The molecule has 7 heteroatoms. The Kier molecular flexibility index (Phi) is 6.84. The van der Waals surface area contributed by atoms with Crippen molar-refractivity contribution in [1.82, 2.24) is 9.97 Å². The first-order valence-corrected chi connectivity index (χ1v) is 13.2. The minimum atomic E-state index is -0.984. The standard InChI is InChI=1S/C29H30BrN3O3/c1-20-18-31-19-32-26(20)36-15-5-7-22-16-21-6-2-3-10-25(21)28(22)11-13-29(14-12-28,27(34)35)33-24-9-4-8-23(30)17-24/h2-4,6,8-10,16-19,33H,5,7,11-15H2,1H3,(H,34,35). The van der Waals surface area contributed by atoms with Crippen molar-refractivity contribution in [2.24, 2.45) is 0 Å². The summed E-state index contributed by atoms with van der Waals surface area (Å²) >= 11 is 3.49. The van der Waals surface area contributed by atoms with Crippen molar-refractivity contribution in [3.8, 4) is 5.88 Å². The van der Waals surface area contributed by atoms with E-state index in [4.69, 9.17) is 4.74 Å². The zero-order valence-electron chi connectivity index (χ0n) is 20.3. The van der Waals surface area contributed by atoms with E-state index in [0.29, 0.717) is 25.3 Å². The van der Waals surface area contributed by atoms with Crippen molar-refractivity contribution in [3.05, 3.63) is 87.8 Å². The van der Waals surface area contributed by atoms with E-state index in [1.165, 1.54) is 23.0 Å². The maximum Gasteiger partial charge on any atom is 0.329 e. The van der Waals surface area contributed by atoms with Gasteiger partial charge in [0.05, 0.1) is 6.61 Å². The maximum atomic E-state index is 12.6. The number of aliphatic carboxylic acids is 1. The maximum absolute atomic E-state index is 12.6. The van der Waals surface area contributed by atoms with Gasteiger partial charge < -0.3 is 15.2 Å². The van der Waals surface area contributed by atoms with Gasteiger partial charge in [-0.05, 0) is 74.8 Å². The Balaban J connectivity index is 1.33. The largest absolute Gasteiger partial charge is 0.480 e. The number of nitrogens with zero attached hydrogens (tertiary/aromatic N) is 2. The number of allylic oxidation sites excluding steroid dienone is 1. The van der Waals surface area contributed by atoms with Gasteiger partial charge >= 0.3 is 5.97 Å². The Hall–Kier alpha value is -3.19. The quantitative estimate of drug-likeness (QED) is 0.311. The first-order valence-electron chi connectivity index (χ1n) is 12.4. The summed E-state index contributed by atoms with van der Waals surface area (Å²) in [6.45, 7) is 2.52. The number of hydrogen-bond acceptors (Lipinski definition) is 5. The van der Waals surface area contributed by atoms with Crippen LogP contribution in [0.15, 0.2) is 71.1 Å². The van der Waals surface area contributed by atoms with E-state index in [-0.39, 0.29) is 5.41 Å². The minimum Gasteiger partial charge on any atom is -0.480 e. The molecule has 0 unspecified atom stereocenters. The topological polar surface area (TPSA) is 84.3 Å². The molecule has 6 nitrogen and oxygen atoms in total. The van der Waals surface area contributed by atoms with E-state index in [2.05, 4.69) is 61.6 Å². The molecule has 1 aromatic heterocycles. The lowest BCUT2D eigenvalue weighted by atomic mass is 9.61. The van der Waals surface area contributed by atoms with Crippen molar-refractivity contribution < 1.29 is 14.6 Å². The zero-order valence-corrected chi connectivity index (χ0v) is 21.9. The number of fused-ring (bicyclic) bond motifs is 2. The van der Waals surface area contributed by atoms with Crippen LogP contribution in [0.4, 0.5) is 5.69 Å². The van der Waals surface area contributed by atoms with E-state index in [1.807, 2.05) is 31.2 Å². The van der Waals surface area contributed by atoms with E-state index < -0.39 is 11.5 Å². The zero-order chi connectivity index (χ0) is 25.2. The number of rotatable bonds is 8. The van der Waals surface area contributed by atoms with Crippen LogP contribution in [0.1, 0.15) is 55.2 Å². The van der Waals surface area contributed by atoms with Crippen molar-refractivity contribution >= 4 is 33.7 Å². The molecule has 1 spiro atoms. The van der Waals surface area contributed by atoms with Gasteiger partial charge in [-0.1, -0.05) is 57.9 Å². The number of benzene rings is 2. The number of ether oxygens (including phenoxy) is 1. The highest BCUT2D eigenvalue weighted by atomic mass is 79.9. The average molecular weight is 548 g/mol. The Bertz CT molecular complexity index is 1300. The third-order valence-electron chi connectivity index (χ3n) is 7.67. The highest BCUT2D eigenvalue weighted by Gasteiger charge is 2.51. The number of carbonyl (C=O) groups is 1. The molecule has 0 saturated heterocycles. The number of hydrogen-bond donors (Lipinski definition) is 2. The number of anilines is 1. The van der Waals surface area contributed by atoms with Crippen LogP contribution in [0.3, 0.4) is 0 Å². The summed E-state index contributed by atoms with van der Waals surface area (Å²) in [5.41, 5.74) is 4.60. The number of carboxylic acids is 1. The Labute approximate surface area is 220 Å². The molecule has 2 aromatic carbocycles. The van der Waals surface area contributed by atoms with Crippen LogP contribution in [-0.2, 0) is 10.2 Å². The SMILES string of the molecule is Cc1cncnc1OCCCC1=Cc2ccccc2C12CCC(Nc1cccc(Br)c1)(C(=O)O)CC2. The van der Waals surface area contributed by atoms with Gasteiger partial charge in [0.1, 0.15) is 11.9 Å². The molecule has 1 saturated carbocycles. The van der Waals surface area contributed by atoms with Crippen molar-refractivity contribution in [1.29, 1.82) is 0 Å². The predicted molar refractivity (Wildman–Crippen MR) is 144 cm³/mol. The summed E-state index contributed by atoms with van der Waals surface area (Å²) in [5, 5.41) is 13.7. The van der Waals surface area contributed by atoms with Crippen LogP contribution >= 0.6 is 15.9 Å². The molecule has 0 radical (unpaired) electrons. The van der Waals surface area contributed by atoms with Crippen LogP contribution in [0, 0.1) is 6.92 Å². The molecular weight excluding hydrogens is 518 g/mol. The summed E-state index contributed by atoms with van der Waals surface area (Å²) < 4.78 is 6.85. The van der Waals surface area contributed by atoms with Crippen LogP contribution in [0.5, 0.6) is 5.88 Å². The molecule has 0 bridgehead atoms. The first kappa shape index (κ1) is 24.5. The molecule has 2 aliphatic carbocycles. The lowest BCUT2D eigenvalue weighted by molar-refractivity contribution is -0.143. The molecule has 0 atom stereocenters. The molecule has 2 N–H and O–H groups in total. The van der Waals surface area contributed by atoms with Gasteiger partial charge in [0.25, 0.3) is 0 Å².